The van der Waals surface area contributed by atoms with E-state index in [4.69, 9.17) is 0 Å². The standard InChI is InChI=1S/C16H21Si.C10H15.2ClH.Ti/c1-2-3-11-17(12-6-13-17)16-10-9-14-7-4-5-8-15(14)16;1-7-6-10(4,5)9(3)8(7)2;;;/h4-5,7-9,16H,2-3,6,11-13H2,1H3;1-5H3;2*1H;/q;;;;+2/p-2. The Bertz CT molecular complexity index is 890. The van der Waals surface area contributed by atoms with E-state index in [2.05, 4.69) is 71.9 Å². The molecule has 4 heteroatoms. The fourth-order valence-corrected chi connectivity index (χ4v) is 15.6. The zero-order chi connectivity index (χ0) is 20.1. The van der Waals surface area contributed by atoms with Crippen LogP contribution in [0.25, 0.3) is 6.08 Å². The van der Waals surface area contributed by atoms with Crippen molar-refractivity contribution in [1.82, 2.24) is 0 Å². The first-order chi connectivity index (χ1) is 13.3. The molecule has 4 rings (SSSR count). The Kier molecular flexibility index (Phi) is 8.59. The molecule has 162 valence electrons. The van der Waals surface area contributed by atoms with E-state index < -0.39 is 8.07 Å². The molecule has 0 radical (unpaired) electrons. The zero-order valence-electron chi connectivity index (χ0n) is 19.5. The molecule has 1 aliphatic heterocycles. The second kappa shape index (κ2) is 9.84. The SMILES string of the molecule is CCCC[Si]1(C2[C]([Ti+2][C]3=C(C)C(C)=C(C)C3(C)C)=Cc3ccccc32)CCC1.[Cl-].[Cl-]. The van der Waals surface area contributed by atoms with Gasteiger partial charge in [0.05, 0.1) is 0 Å². The molecule has 30 heavy (non-hydrogen) atoms. The van der Waals surface area contributed by atoms with Crippen molar-refractivity contribution < 1.29 is 44.0 Å². The maximum Gasteiger partial charge on any atom is -1.00 e. The van der Waals surface area contributed by atoms with Gasteiger partial charge in [-0.2, -0.15) is 0 Å². The number of allylic oxidation sites excluding steroid dienone is 5. The summed E-state index contributed by atoms with van der Waals surface area (Å²) in [5.41, 5.74) is 9.16. The topological polar surface area (TPSA) is 0 Å². The average Bonchev–Trinajstić information content (AvgIpc) is 3.07. The number of hydrogen-bond donors (Lipinski definition) is 0. The third-order valence-corrected chi connectivity index (χ3v) is 17.7. The molecule has 1 unspecified atom stereocenters. The van der Waals surface area contributed by atoms with Crippen molar-refractivity contribution in [2.24, 2.45) is 5.41 Å². The maximum atomic E-state index is 2.65. The van der Waals surface area contributed by atoms with E-state index >= 15 is 0 Å². The van der Waals surface area contributed by atoms with Crippen LogP contribution in [0.2, 0.25) is 18.1 Å². The molecule has 0 amide bonds. The van der Waals surface area contributed by atoms with Gasteiger partial charge in [-0.25, -0.2) is 0 Å². The van der Waals surface area contributed by atoms with Crippen LogP contribution in [-0.4, -0.2) is 8.07 Å². The van der Waals surface area contributed by atoms with Gasteiger partial charge in [0.25, 0.3) is 0 Å². The smallest absolute Gasteiger partial charge is 1.00 e. The van der Waals surface area contributed by atoms with Gasteiger partial charge in [-0.05, 0) is 0 Å². The van der Waals surface area contributed by atoms with Crippen molar-refractivity contribution in [3.8, 4) is 0 Å². The molecule has 1 heterocycles. The summed E-state index contributed by atoms with van der Waals surface area (Å²) in [5.74, 6) is 0. The predicted octanol–water partition coefficient (Wildman–Crippen LogP) is 2.06. The van der Waals surface area contributed by atoms with Gasteiger partial charge < -0.3 is 24.8 Å². The first kappa shape index (κ1) is 26.2. The summed E-state index contributed by atoms with van der Waals surface area (Å²) in [6, 6.07) is 14.1. The van der Waals surface area contributed by atoms with Gasteiger partial charge in [0.1, 0.15) is 0 Å². The number of hydrogen-bond acceptors (Lipinski definition) is 0. The first-order valence-corrected chi connectivity index (χ1v) is 15.5. The average molecular weight is 495 g/mol. The minimum Gasteiger partial charge on any atom is -1.00 e. The van der Waals surface area contributed by atoms with E-state index in [0.29, 0.717) is 0 Å². The molecular formula is C26H36Cl2SiTi. The van der Waals surface area contributed by atoms with Crippen LogP contribution in [0.5, 0.6) is 0 Å². The van der Waals surface area contributed by atoms with E-state index in [1.165, 1.54) is 19.3 Å². The van der Waals surface area contributed by atoms with Crippen molar-refractivity contribution >= 4 is 14.1 Å². The number of rotatable bonds is 6. The molecule has 3 aliphatic rings. The van der Waals surface area contributed by atoms with E-state index in [-0.39, 0.29) is 49.4 Å². The molecule has 0 saturated carbocycles. The zero-order valence-corrected chi connectivity index (χ0v) is 23.5. The van der Waals surface area contributed by atoms with Gasteiger partial charge in [0.2, 0.25) is 0 Å². The largest absolute Gasteiger partial charge is 1.00 e. The molecule has 0 N–H and O–H groups in total. The van der Waals surface area contributed by atoms with Gasteiger partial charge in [-0.15, -0.1) is 0 Å². The van der Waals surface area contributed by atoms with Crippen LogP contribution in [0.4, 0.5) is 0 Å². The van der Waals surface area contributed by atoms with Crippen LogP contribution >= 0.6 is 0 Å². The molecule has 0 spiro atoms. The molecule has 1 atom stereocenters. The summed E-state index contributed by atoms with van der Waals surface area (Å²) < 4.78 is 3.69. The van der Waals surface area contributed by atoms with E-state index in [1.807, 2.05) is 7.76 Å². The molecule has 2 aliphatic carbocycles. The van der Waals surface area contributed by atoms with Crippen LogP contribution < -0.4 is 24.8 Å². The van der Waals surface area contributed by atoms with Crippen LogP contribution in [0.3, 0.4) is 0 Å². The van der Waals surface area contributed by atoms with Gasteiger partial charge in [-0.3, -0.25) is 0 Å². The number of unbranched alkanes of at least 4 members (excludes halogenated alkanes) is 1. The van der Waals surface area contributed by atoms with Crippen LogP contribution in [0.15, 0.2) is 48.7 Å². The quantitative estimate of drug-likeness (QED) is 0.531. The van der Waals surface area contributed by atoms with Gasteiger partial charge >= 0.3 is 183 Å². The monoisotopic (exact) mass is 494 g/mol. The molecule has 0 aromatic heterocycles. The Balaban J connectivity index is 0.00000160. The van der Waals surface area contributed by atoms with E-state index in [1.54, 1.807) is 46.0 Å². The van der Waals surface area contributed by atoms with Crippen LogP contribution in [-0.2, 0) is 19.2 Å². The third kappa shape index (κ3) is 4.15. The summed E-state index contributed by atoms with van der Waals surface area (Å²) in [5, 5.41) is 0. The van der Waals surface area contributed by atoms with Gasteiger partial charge in [-0.1, -0.05) is 0 Å². The molecule has 0 bridgehead atoms. The fourth-order valence-electron chi connectivity index (χ4n) is 5.92. The summed E-state index contributed by atoms with van der Waals surface area (Å²) in [6.45, 7) is 14.5. The normalized spacial score (nSPS) is 23.1. The molecular weight excluding hydrogens is 459 g/mol. The number of fused-ring (bicyclic) bond motifs is 1. The Hall–Kier alpha value is -0.0488. The summed E-state index contributed by atoms with van der Waals surface area (Å²) in [7, 11) is -1.19. The maximum absolute atomic E-state index is 2.65. The molecule has 1 fully saturated rings. The Morgan fingerprint density at radius 2 is 1.70 bits per heavy atom. The molecule has 1 aromatic rings. The Labute approximate surface area is 206 Å². The predicted molar refractivity (Wildman–Crippen MR) is 122 cm³/mol. The van der Waals surface area contributed by atoms with Gasteiger partial charge in [0, 0.05) is 0 Å². The summed E-state index contributed by atoms with van der Waals surface area (Å²) >= 11 is -0.248. The second-order valence-corrected chi connectivity index (χ2v) is 16.9. The number of halogens is 2. The Morgan fingerprint density at radius 3 is 2.23 bits per heavy atom. The van der Waals surface area contributed by atoms with Gasteiger partial charge in [0.15, 0.2) is 0 Å². The van der Waals surface area contributed by atoms with Crippen molar-refractivity contribution in [2.45, 2.75) is 84.5 Å². The third-order valence-electron chi connectivity index (χ3n) is 8.25. The van der Waals surface area contributed by atoms with Crippen molar-refractivity contribution in [2.75, 3.05) is 0 Å². The van der Waals surface area contributed by atoms with Crippen LogP contribution in [0.1, 0.15) is 77.5 Å². The van der Waals surface area contributed by atoms with Crippen LogP contribution in [0, 0.1) is 5.41 Å². The van der Waals surface area contributed by atoms with Crippen molar-refractivity contribution in [3.05, 3.63) is 59.9 Å². The second-order valence-electron chi connectivity index (χ2n) is 9.98. The molecule has 1 saturated heterocycles. The first-order valence-electron chi connectivity index (χ1n) is 11.3. The Morgan fingerprint density at radius 1 is 1.03 bits per heavy atom. The molecule has 1 aromatic carbocycles. The van der Waals surface area contributed by atoms with E-state index in [0.717, 1.165) is 5.54 Å². The van der Waals surface area contributed by atoms with Crippen molar-refractivity contribution in [3.63, 3.8) is 0 Å². The minimum atomic E-state index is -1.19. The van der Waals surface area contributed by atoms with E-state index in [9.17, 15) is 0 Å². The number of benzene rings is 1. The molecule has 0 nitrogen and oxygen atoms in total. The summed E-state index contributed by atoms with van der Waals surface area (Å²) in [4.78, 5) is 0. The fraction of sp³-hybridized carbons (Fsp3) is 0.538. The summed E-state index contributed by atoms with van der Waals surface area (Å²) in [6.07, 6.45) is 6.95. The van der Waals surface area contributed by atoms with Crippen molar-refractivity contribution in [1.29, 1.82) is 0 Å². The minimum absolute atomic E-state index is 0.